The van der Waals surface area contributed by atoms with Gasteiger partial charge < -0.3 is 21.1 Å². The molecule has 0 aromatic heterocycles. The molecule has 7 heteroatoms. The van der Waals surface area contributed by atoms with Gasteiger partial charge in [-0.25, -0.2) is 9.59 Å². The standard InChI is InChI=1S/C10H20O2.C8H7NO4/c1-2-3-4-5-6-7-8-9-10(11)12;9-5-3-1-2-4(7(10)11)6(5)8(12)13/h2-9H2,1H3,(H,11,12);1-3H,9H2,(H,10,11)(H,12,13). The van der Waals surface area contributed by atoms with Crippen LogP contribution in [0.25, 0.3) is 0 Å². The number of aliphatic carboxylic acids is 1. The van der Waals surface area contributed by atoms with Crippen LogP contribution in [0.1, 0.15) is 79.0 Å². The van der Waals surface area contributed by atoms with E-state index in [2.05, 4.69) is 6.92 Å². The van der Waals surface area contributed by atoms with E-state index < -0.39 is 17.9 Å². The van der Waals surface area contributed by atoms with E-state index in [1.54, 1.807) is 0 Å². The molecule has 1 rings (SSSR count). The van der Waals surface area contributed by atoms with Gasteiger partial charge in [0.1, 0.15) is 0 Å². The smallest absolute Gasteiger partial charge is 0.338 e. The lowest BCUT2D eigenvalue weighted by Gasteiger charge is -2.03. The van der Waals surface area contributed by atoms with Gasteiger partial charge in [-0.05, 0) is 18.6 Å². The van der Waals surface area contributed by atoms with Crippen LogP contribution in [0, 0.1) is 0 Å². The largest absolute Gasteiger partial charge is 0.481 e. The highest BCUT2D eigenvalue weighted by atomic mass is 16.4. The normalized spacial score (nSPS) is 9.80. The van der Waals surface area contributed by atoms with Gasteiger partial charge in [0.05, 0.1) is 11.1 Å². The second kappa shape index (κ2) is 12.8. The molecule has 7 nitrogen and oxygen atoms in total. The van der Waals surface area contributed by atoms with Gasteiger partial charge in [0.25, 0.3) is 0 Å². The van der Waals surface area contributed by atoms with E-state index in [4.69, 9.17) is 21.1 Å². The van der Waals surface area contributed by atoms with Gasteiger partial charge in [-0.1, -0.05) is 51.5 Å². The van der Waals surface area contributed by atoms with Crippen molar-refractivity contribution in [1.82, 2.24) is 0 Å². The maximum atomic E-state index is 10.6. The SMILES string of the molecule is CCCCCCCCCC(=O)O.Nc1cccc(C(=O)O)c1C(=O)O. The molecule has 0 radical (unpaired) electrons. The Morgan fingerprint density at radius 2 is 1.44 bits per heavy atom. The monoisotopic (exact) mass is 353 g/mol. The molecule has 25 heavy (non-hydrogen) atoms. The van der Waals surface area contributed by atoms with Crippen LogP contribution in [0.4, 0.5) is 5.69 Å². The summed E-state index contributed by atoms with van der Waals surface area (Å²) in [5.41, 5.74) is 4.60. The van der Waals surface area contributed by atoms with E-state index in [0.717, 1.165) is 12.8 Å². The Morgan fingerprint density at radius 1 is 0.880 bits per heavy atom. The number of nitrogen functional groups attached to an aromatic ring is 1. The van der Waals surface area contributed by atoms with E-state index in [1.807, 2.05) is 0 Å². The van der Waals surface area contributed by atoms with E-state index >= 15 is 0 Å². The van der Waals surface area contributed by atoms with Crippen LogP contribution in [0.15, 0.2) is 18.2 Å². The van der Waals surface area contributed by atoms with Crippen LogP contribution in [0.3, 0.4) is 0 Å². The molecule has 0 unspecified atom stereocenters. The van der Waals surface area contributed by atoms with E-state index in [0.29, 0.717) is 6.42 Å². The van der Waals surface area contributed by atoms with Crippen molar-refractivity contribution in [2.45, 2.75) is 58.3 Å². The first-order chi connectivity index (χ1) is 11.8. The number of carbonyl (C=O) groups is 3. The molecule has 140 valence electrons. The number of anilines is 1. The first kappa shape index (κ1) is 22.4. The van der Waals surface area contributed by atoms with Crippen LogP contribution in [-0.2, 0) is 4.79 Å². The molecule has 0 amide bonds. The predicted octanol–water partition coefficient (Wildman–Crippen LogP) is 3.88. The maximum absolute atomic E-state index is 10.6. The van der Waals surface area contributed by atoms with Gasteiger partial charge in [0.2, 0.25) is 0 Å². The van der Waals surface area contributed by atoms with Gasteiger partial charge in [-0.3, -0.25) is 4.79 Å². The Hall–Kier alpha value is -2.57. The summed E-state index contributed by atoms with van der Waals surface area (Å²) in [7, 11) is 0. The zero-order valence-corrected chi connectivity index (χ0v) is 14.5. The van der Waals surface area contributed by atoms with Crippen molar-refractivity contribution in [2.75, 3.05) is 5.73 Å². The van der Waals surface area contributed by atoms with Gasteiger partial charge in [-0.2, -0.15) is 0 Å². The van der Waals surface area contributed by atoms with Crippen molar-refractivity contribution in [2.24, 2.45) is 0 Å². The average Bonchev–Trinajstić information content (AvgIpc) is 2.53. The van der Waals surface area contributed by atoms with E-state index in [9.17, 15) is 14.4 Å². The minimum atomic E-state index is -1.34. The molecule has 0 spiro atoms. The van der Waals surface area contributed by atoms with Crippen LogP contribution >= 0.6 is 0 Å². The summed E-state index contributed by atoms with van der Waals surface area (Å²) in [5, 5.41) is 25.6. The zero-order chi connectivity index (χ0) is 19.2. The Bertz CT molecular complexity index is 571. The van der Waals surface area contributed by atoms with Gasteiger partial charge in [0, 0.05) is 12.1 Å². The minimum absolute atomic E-state index is 0.0487. The number of aromatic carboxylic acids is 2. The molecular formula is C18H27NO6. The number of carboxylic acids is 3. The van der Waals surface area contributed by atoms with Crippen LogP contribution in [0.2, 0.25) is 0 Å². The van der Waals surface area contributed by atoms with Crippen molar-refractivity contribution < 1.29 is 29.7 Å². The number of hydrogen-bond acceptors (Lipinski definition) is 4. The summed E-state index contributed by atoms with van der Waals surface area (Å²) in [4.78, 5) is 31.3. The molecule has 1 aromatic carbocycles. The number of hydrogen-bond donors (Lipinski definition) is 4. The molecule has 0 fully saturated rings. The maximum Gasteiger partial charge on any atom is 0.338 e. The number of unbranched alkanes of at least 4 members (excludes halogenated alkanes) is 6. The van der Waals surface area contributed by atoms with Crippen molar-refractivity contribution in [3.8, 4) is 0 Å². The molecule has 0 heterocycles. The molecule has 0 aliphatic heterocycles. The minimum Gasteiger partial charge on any atom is -0.481 e. The van der Waals surface area contributed by atoms with Crippen molar-refractivity contribution in [1.29, 1.82) is 0 Å². The lowest BCUT2D eigenvalue weighted by atomic mass is 10.1. The summed E-state index contributed by atoms with van der Waals surface area (Å²) in [6, 6.07) is 3.93. The number of carboxylic acid groups (broad SMARTS) is 3. The number of nitrogens with two attached hydrogens (primary N) is 1. The van der Waals surface area contributed by atoms with Gasteiger partial charge >= 0.3 is 17.9 Å². The van der Waals surface area contributed by atoms with Crippen molar-refractivity contribution in [3.05, 3.63) is 29.3 Å². The highest BCUT2D eigenvalue weighted by Crippen LogP contribution is 2.16. The summed E-state index contributed by atoms with van der Waals surface area (Å²) < 4.78 is 0. The lowest BCUT2D eigenvalue weighted by molar-refractivity contribution is -0.137. The summed E-state index contributed by atoms with van der Waals surface area (Å²) in [6.45, 7) is 2.20. The van der Waals surface area contributed by atoms with E-state index in [1.165, 1.54) is 50.3 Å². The Morgan fingerprint density at radius 3 is 1.88 bits per heavy atom. The third kappa shape index (κ3) is 10.0. The molecular weight excluding hydrogens is 326 g/mol. The second-order valence-electron chi connectivity index (χ2n) is 5.65. The topological polar surface area (TPSA) is 138 Å². The van der Waals surface area contributed by atoms with Crippen LogP contribution in [0.5, 0.6) is 0 Å². The summed E-state index contributed by atoms with van der Waals surface area (Å²) >= 11 is 0. The first-order valence-corrected chi connectivity index (χ1v) is 8.38. The highest BCUT2D eigenvalue weighted by Gasteiger charge is 2.17. The van der Waals surface area contributed by atoms with Gasteiger partial charge in [-0.15, -0.1) is 0 Å². The molecule has 1 aromatic rings. The Kier molecular flexibility index (Phi) is 11.5. The van der Waals surface area contributed by atoms with Gasteiger partial charge in [0.15, 0.2) is 0 Å². The molecule has 5 N–H and O–H groups in total. The Labute approximate surface area is 147 Å². The summed E-state index contributed by atoms with van der Waals surface area (Å²) in [5.74, 6) is -3.30. The first-order valence-electron chi connectivity index (χ1n) is 8.38. The number of benzene rings is 1. The molecule has 0 saturated heterocycles. The molecule has 0 atom stereocenters. The molecule has 0 aliphatic rings. The number of rotatable bonds is 10. The molecule has 0 aliphatic carbocycles. The second-order valence-corrected chi connectivity index (χ2v) is 5.65. The third-order valence-corrected chi connectivity index (χ3v) is 3.54. The van der Waals surface area contributed by atoms with Crippen molar-refractivity contribution in [3.63, 3.8) is 0 Å². The molecule has 0 bridgehead atoms. The molecule has 0 saturated carbocycles. The lowest BCUT2D eigenvalue weighted by Crippen LogP contribution is -2.10. The fourth-order valence-electron chi connectivity index (χ4n) is 2.22. The fraction of sp³-hybridized carbons (Fsp3) is 0.500. The predicted molar refractivity (Wildman–Crippen MR) is 95.0 cm³/mol. The fourth-order valence-corrected chi connectivity index (χ4v) is 2.22. The summed E-state index contributed by atoms with van der Waals surface area (Å²) in [6.07, 6.45) is 8.64. The third-order valence-electron chi connectivity index (χ3n) is 3.54. The van der Waals surface area contributed by atoms with Crippen LogP contribution < -0.4 is 5.73 Å². The highest BCUT2D eigenvalue weighted by molar-refractivity contribution is 6.05. The van der Waals surface area contributed by atoms with Crippen LogP contribution in [-0.4, -0.2) is 33.2 Å². The Balaban J connectivity index is 0.000000463. The zero-order valence-electron chi connectivity index (χ0n) is 14.5. The quantitative estimate of drug-likeness (QED) is 0.370. The average molecular weight is 353 g/mol. The van der Waals surface area contributed by atoms with E-state index in [-0.39, 0.29) is 16.8 Å². The van der Waals surface area contributed by atoms with Crippen molar-refractivity contribution >= 4 is 23.6 Å².